The summed E-state index contributed by atoms with van der Waals surface area (Å²) in [6.45, 7) is 2.03. The van der Waals surface area contributed by atoms with Crippen LogP contribution in [0, 0.1) is 0 Å². The van der Waals surface area contributed by atoms with E-state index >= 15 is 0 Å². The molecule has 1 N–H and O–H groups in total. The Morgan fingerprint density at radius 2 is 2.15 bits per heavy atom. The van der Waals surface area contributed by atoms with Crippen molar-refractivity contribution >= 4 is 11.9 Å². The molecule has 1 saturated heterocycles. The fourth-order valence-electron chi connectivity index (χ4n) is 1.48. The van der Waals surface area contributed by atoms with Gasteiger partial charge in [-0.25, -0.2) is 4.79 Å². The van der Waals surface area contributed by atoms with Gasteiger partial charge >= 0.3 is 5.97 Å². The molecule has 1 amide bonds. The van der Waals surface area contributed by atoms with Crippen molar-refractivity contribution in [2.75, 3.05) is 20.2 Å². The van der Waals surface area contributed by atoms with Crippen LogP contribution >= 0.6 is 0 Å². The lowest BCUT2D eigenvalue weighted by molar-refractivity contribution is -0.160. The first-order valence-corrected chi connectivity index (χ1v) is 4.06. The Morgan fingerprint density at radius 3 is 2.38 bits per heavy atom. The summed E-state index contributed by atoms with van der Waals surface area (Å²) in [6, 6.07) is 0. The second-order valence-electron chi connectivity index (χ2n) is 3.19. The molecule has 1 fully saturated rings. The molecule has 0 saturated carbocycles. The van der Waals surface area contributed by atoms with Gasteiger partial charge in [-0.3, -0.25) is 4.79 Å². The molecule has 0 aromatic rings. The molecule has 0 spiro atoms. The van der Waals surface area contributed by atoms with Crippen molar-refractivity contribution in [1.29, 1.82) is 0 Å². The van der Waals surface area contributed by atoms with E-state index in [1.165, 1.54) is 18.9 Å². The number of methoxy groups -OCH3 is 1. The second-order valence-corrected chi connectivity index (χ2v) is 3.19. The number of nitrogens with zero attached hydrogens (tertiary/aromatic N) is 1. The second kappa shape index (κ2) is 3.33. The summed E-state index contributed by atoms with van der Waals surface area (Å²) in [4.78, 5) is 23.3. The molecule has 1 aliphatic rings. The van der Waals surface area contributed by atoms with Gasteiger partial charge in [0.1, 0.15) is 0 Å². The Hall–Kier alpha value is -1.10. The number of carboxylic acids is 1. The number of likely N-dealkylation sites (tertiary alicyclic amines) is 1. The maximum Gasteiger partial charge on any atom is 0.337 e. The molecular formula is C8H13NO4. The fraction of sp³-hybridized carbons (Fsp3) is 0.750. The lowest BCUT2D eigenvalue weighted by Gasteiger charge is -2.22. The molecule has 74 valence electrons. The molecule has 0 aromatic carbocycles. The van der Waals surface area contributed by atoms with Crippen LogP contribution in [0.3, 0.4) is 0 Å². The quantitative estimate of drug-likeness (QED) is 0.645. The van der Waals surface area contributed by atoms with Crippen LogP contribution in [-0.4, -0.2) is 47.7 Å². The minimum absolute atomic E-state index is 0.111. The predicted molar refractivity (Wildman–Crippen MR) is 44.2 cm³/mol. The van der Waals surface area contributed by atoms with Gasteiger partial charge in [-0.15, -0.1) is 0 Å². The first kappa shape index (κ1) is 9.98. The number of carbonyl (C=O) groups excluding carboxylic acids is 1. The molecule has 1 heterocycles. The van der Waals surface area contributed by atoms with Gasteiger partial charge in [0.25, 0.3) is 0 Å². The molecule has 0 radical (unpaired) electrons. The van der Waals surface area contributed by atoms with Gasteiger partial charge < -0.3 is 14.7 Å². The van der Waals surface area contributed by atoms with Crippen molar-refractivity contribution in [3.05, 3.63) is 0 Å². The maximum absolute atomic E-state index is 10.9. The third-order valence-electron chi connectivity index (χ3n) is 2.46. The van der Waals surface area contributed by atoms with E-state index in [4.69, 9.17) is 9.84 Å². The van der Waals surface area contributed by atoms with Crippen LogP contribution < -0.4 is 0 Å². The van der Waals surface area contributed by atoms with Crippen LogP contribution in [0.1, 0.15) is 13.3 Å². The molecule has 0 aromatic heterocycles. The van der Waals surface area contributed by atoms with Gasteiger partial charge in [-0.1, -0.05) is 0 Å². The fourth-order valence-corrected chi connectivity index (χ4v) is 1.48. The first-order chi connectivity index (χ1) is 6.02. The molecule has 1 atom stereocenters. The van der Waals surface area contributed by atoms with Crippen LogP contribution in [0.2, 0.25) is 0 Å². The Kier molecular flexibility index (Phi) is 2.56. The number of carbonyl (C=O) groups is 2. The van der Waals surface area contributed by atoms with Gasteiger partial charge in [0.2, 0.25) is 5.91 Å². The molecule has 0 bridgehead atoms. The van der Waals surface area contributed by atoms with Gasteiger partial charge in [0.15, 0.2) is 5.60 Å². The lowest BCUT2D eigenvalue weighted by Crippen LogP contribution is -2.44. The SMILES string of the molecule is COC1(C(=O)O)CCN(C(C)=O)C1. The highest BCUT2D eigenvalue weighted by Gasteiger charge is 2.45. The van der Waals surface area contributed by atoms with Crippen molar-refractivity contribution in [2.45, 2.75) is 18.9 Å². The van der Waals surface area contributed by atoms with Crippen molar-refractivity contribution in [2.24, 2.45) is 0 Å². The molecule has 1 unspecified atom stereocenters. The number of amides is 1. The smallest absolute Gasteiger partial charge is 0.337 e. The van der Waals surface area contributed by atoms with Gasteiger partial charge in [0.05, 0.1) is 6.54 Å². The van der Waals surface area contributed by atoms with E-state index in [0.717, 1.165) is 0 Å². The average Bonchev–Trinajstić information content (AvgIpc) is 2.49. The monoisotopic (exact) mass is 187 g/mol. The molecule has 5 nitrogen and oxygen atoms in total. The van der Waals surface area contributed by atoms with Crippen LogP contribution in [0.4, 0.5) is 0 Å². The van der Waals surface area contributed by atoms with Crippen molar-refractivity contribution < 1.29 is 19.4 Å². The van der Waals surface area contributed by atoms with Crippen molar-refractivity contribution in [3.8, 4) is 0 Å². The number of aliphatic carboxylic acids is 1. The largest absolute Gasteiger partial charge is 0.479 e. The lowest BCUT2D eigenvalue weighted by atomic mass is 10.0. The normalized spacial score (nSPS) is 27.7. The molecular weight excluding hydrogens is 174 g/mol. The van der Waals surface area contributed by atoms with Gasteiger partial charge in [-0.05, 0) is 0 Å². The van der Waals surface area contributed by atoms with Crippen molar-refractivity contribution in [3.63, 3.8) is 0 Å². The first-order valence-electron chi connectivity index (χ1n) is 4.06. The standard InChI is InChI=1S/C8H13NO4/c1-6(10)9-4-3-8(5-9,13-2)7(11)12/h3-5H2,1-2H3,(H,11,12). The molecule has 5 heteroatoms. The van der Waals surface area contributed by atoms with E-state index in [9.17, 15) is 9.59 Å². The maximum atomic E-state index is 10.9. The highest BCUT2D eigenvalue weighted by Crippen LogP contribution is 2.24. The third kappa shape index (κ3) is 1.65. The van der Waals surface area contributed by atoms with E-state index in [1.807, 2.05) is 0 Å². The van der Waals surface area contributed by atoms with E-state index in [1.54, 1.807) is 0 Å². The Morgan fingerprint density at radius 1 is 1.54 bits per heavy atom. The highest BCUT2D eigenvalue weighted by atomic mass is 16.5. The summed E-state index contributed by atoms with van der Waals surface area (Å²) >= 11 is 0. The summed E-state index contributed by atoms with van der Waals surface area (Å²) in [7, 11) is 1.36. The minimum Gasteiger partial charge on any atom is -0.479 e. The van der Waals surface area contributed by atoms with Crippen LogP contribution in [-0.2, 0) is 14.3 Å². The summed E-state index contributed by atoms with van der Waals surface area (Å²) in [5.74, 6) is -1.11. The number of carboxylic acid groups (broad SMARTS) is 1. The van der Waals surface area contributed by atoms with Crippen molar-refractivity contribution in [1.82, 2.24) is 4.90 Å². The highest BCUT2D eigenvalue weighted by molar-refractivity contribution is 5.81. The van der Waals surface area contributed by atoms with Crippen LogP contribution in [0.5, 0.6) is 0 Å². The van der Waals surface area contributed by atoms with Crippen LogP contribution in [0.15, 0.2) is 0 Å². The van der Waals surface area contributed by atoms with E-state index in [0.29, 0.717) is 13.0 Å². The molecule has 1 rings (SSSR count). The number of ether oxygens (including phenoxy) is 1. The average molecular weight is 187 g/mol. The topological polar surface area (TPSA) is 66.8 Å². The summed E-state index contributed by atoms with van der Waals surface area (Å²) in [5, 5.41) is 8.90. The Labute approximate surface area is 76.3 Å². The zero-order valence-electron chi connectivity index (χ0n) is 7.74. The van der Waals surface area contributed by atoms with Gasteiger partial charge in [-0.2, -0.15) is 0 Å². The van der Waals surface area contributed by atoms with E-state index in [-0.39, 0.29) is 12.5 Å². The summed E-state index contributed by atoms with van der Waals surface area (Å²) in [5.41, 5.74) is -1.19. The molecule has 0 aliphatic carbocycles. The Balaban J connectivity index is 2.74. The zero-order chi connectivity index (χ0) is 10.1. The summed E-state index contributed by atoms with van der Waals surface area (Å²) in [6.07, 6.45) is 0.360. The summed E-state index contributed by atoms with van der Waals surface area (Å²) < 4.78 is 4.95. The van der Waals surface area contributed by atoms with E-state index in [2.05, 4.69) is 0 Å². The van der Waals surface area contributed by atoms with Crippen LogP contribution in [0.25, 0.3) is 0 Å². The van der Waals surface area contributed by atoms with Gasteiger partial charge in [0, 0.05) is 27.0 Å². The third-order valence-corrected chi connectivity index (χ3v) is 2.46. The number of hydrogen-bond donors (Lipinski definition) is 1. The molecule has 1 aliphatic heterocycles. The molecule has 13 heavy (non-hydrogen) atoms. The minimum atomic E-state index is -1.19. The predicted octanol–water partition coefficient (Wildman–Crippen LogP) is -0.292. The Bertz CT molecular complexity index is 240. The van der Waals surface area contributed by atoms with E-state index < -0.39 is 11.6 Å². The zero-order valence-corrected chi connectivity index (χ0v) is 7.74. The number of rotatable bonds is 2. The number of hydrogen-bond acceptors (Lipinski definition) is 3.